The summed E-state index contributed by atoms with van der Waals surface area (Å²) < 4.78 is 0.972. The molecule has 0 radical (unpaired) electrons. The van der Waals surface area contributed by atoms with E-state index in [2.05, 4.69) is 45.6 Å². The number of nitrogens with one attached hydrogen (secondary N) is 1. The molecular formula is C17H18BrClN2. The Labute approximate surface area is 138 Å². The maximum atomic E-state index is 6.41. The first-order valence-electron chi connectivity index (χ1n) is 7.20. The van der Waals surface area contributed by atoms with Crippen LogP contribution < -0.4 is 11.3 Å². The van der Waals surface area contributed by atoms with E-state index in [-0.39, 0.29) is 6.04 Å². The number of nitrogens with two attached hydrogens (primary N) is 1. The van der Waals surface area contributed by atoms with E-state index in [4.69, 9.17) is 17.4 Å². The summed E-state index contributed by atoms with van der Waals surface area (Å²) in [5, 5.41) is 0.718. The Morgan fingerprint density at radius 2 is 1.90 bits per heavy atom. The lowest BCUT2D eigenvalue weighted by atomic mass is 9.76. The standard InChI is InChI=1S/C17H18BrClN2/c18-12-8-9-15(16(19)10-12)17(21-20)14-7-2-1-6-13(14)11-4-3-5-11/h1-2,6-11,17,21H,3-5,20H2. The van der Waals surface area contributed by atoms with Gasteiger partial charge in [-0.2, -0.15) is 0 Å². The van der Waals surface area contributed by atoms with Crippen LogP contribution in [0.5, 0.6) is 0 Å². The Morgan fingerprint density at radius 3 is 2.52 bits per heavy atom. The van der Waals surface area contributed by atoms with Gasteiger partial charge in [-0.05, 0) is 47.6 Å². The fourth-order valence-corrected chi connectivity index (χ4v) is 3.73. The highest BCUT2D eigenvalue weighted by Gasteiger charge is 2.26. The average Bonchev–Trinajstić information content (AvgIpc) is 2.41. The third kappa shape index (κ3) is 3.02. The van der Waals surface area contributed by atoms with Crippen molar-refractivity contribution >= 4 is 27.5 Å². The molecule has 1 unspecified atom stereocenters. The second kappa shape index (κ2) is 6.49. The molecule has 2 aromatic rings. The van der Waals surface area contributed by atoms with Crippen molar-refractivity contribution in [3.8, 4) is 0 Å². The van der Waals surface area contributed by atoms with Gasteiger partial charge in [-0.3, -0.25) is 5.84 Å². The van der Waals surface area contributed by atoms with Crippen LogP contribution in [0.2, 0.25) is 5.02 Å². The summed E-state index contributed by atoms with van der Waals surface area (Å²) in [5.74, 6) is 6.51. The van der Waals surface area contributed by atoms with Crippen molar-refractivity contribution in [3.05, 3.63) is 68.7 Å². The minimum atomic E-state index is -0.0811. The van der Waals surface area contributed by atoms with Crippen molar-refractivity contribution in [2.75, 3.05) is 0 Å². The lowest BCUT2D eigenvalue weighted by Crippen LogP contribution is -2.30. The molecule has 4 heteroatoms. The van der Waals surface area contributed by atoms with Gasteiger partial charge in [-0.25, -0.2) is 5.43 Å². The van der Waals surface area contributed by atoms with Gasteiger partial charge < -0.3 is 0 Å². The Bertz CT molecular complexity index is 640. The van der Waals surface area contributed by atoms with Crippen LogP contribution in [0.1, 0.15) is 47.9 Å². The topological polar surface area (TPSA) is 38.0 Å². The molecule has 0 amide bonds. The van der Waals surface area contributed by atoms with E-state index < -0.39 is 0 Å². The van der Waals surface area contributed by atoms with E-state index in [0.717, 1.165) is 15.1 Å². The molecule has 2 aromatic carbocycles. The zero-order chi connectivity index (χ0) is 14.8. The molecule has 1 atom stereocenters. The molecule has 3 N–H and O–H groups in total. The van der Waals surface area contributed by atoms with Gasteiger partial charge in [-0.1, -0.05) is 64.3 Å². The van der Waals surface area contributed by atoms with Crippen LogP contribution in [0.25, 0.3) is 0 Å². The number of rotatable bonds is 4. The molecule has 21 heavy (non-hydrogen) atoms. The second-order valence-electron chi connectivity index (χ2n) is 5.52. The first-order chi connectivity index (χ1) is 10.2. The number of hydrogen-bond donors (Lipinski definition) is 2. The monoisotopic (exact) mass is 364 g/mol. The Balaban J connectivity index is 2.03. The van der Waals surface area contributed by atoms with Crippen LogP contribution in [-0.2, 0) is 0 Å². The zero-order valence-corrected chi connectivity index (χ0v) is 14.0. The minimum absolute atomic E-state index is 0.0811. The van der Waals surface area contributed by atoms with Crippen molar-refractivity contribution < 1.29 is 0 Å². The number of hydrogen-bond acceptors (Lipinski definition) is 2. The highest BCUT2D eigenvalue weighted by atomic mass is 79.9. The second-order valence-corrected chi connectivity index (χ2v) is 6.85. The minimum Gasteiger partial charge on any atom is -0.271 e. The Morgan fingerprint density at radius 1 is 1.14 bits per heavy atom. The molecule has 0 spiro atoms. The van der Waals surface area contributed by atoms with Gasteiger partial charge in [-0.15, -0.1) is 0 Å². The van der Waals surface area contributed by atoms with E-state index in [1.54, 1.807) is 0 Å². The number of benzene rings is 2. The molecule has 2 nitrogen and oxygen atoms in total. The highest BCUT2D eigenvalue weighted by molar-refractivity contribution is 9.10. The summed E-state index contributed by atoms with van der Waals surface area (Å²) in [6.45, 7) is 0. The molecule has 110 valence electrons. The lowest BCUT2D eigenvalue weighted by molar-refractivity contribution is 0.414. The van der Waals surface area contributed by atoms with Gasteiger partial charge in [0.25, 0.3) is 0 Å². The van der Waals surface area contributed by atoms with Crippen molar-refractivity contribution in [1.29, 1.82) is 0 Å². The summed E-state index contributed by atoms with van der Waals surface area (Å²) in [6.07, 6.45) is 3.85. The molecule has 0 aromatic heterocycles. The van der Waals surface area contributed by atoms with Gasteiger partial charge in [0.15, 0.2) is 0 Å². The van der Waals surface area contributed by atoms with Crippen LogP contribution in [0.3, 0.4) is 0 Å². The van der Waals surface area contributed by atoms with Crippen molar-refractivity contribution in [2.24, 2.45) is 5.84 Å². The van der Waals surface area contributed by atoms with E-state index in [9.17, 15) is 0 Å². The van der Waals surface area contributed by atoms with Gasteiger partial charge in [0.05, 0.1) is 6.04 Å². The Kier molecular flexibility index (Phi) is 4.65. The molecule has 0 aliphatic heterocycles. The van der Waals surface area contributed by atoms with Crippen LogP contribution in [-0.4, -0.2) is 0 Å². The molecule has 1 fully saturated rings. The van der Waals surface area contributed by atoms with E-state index >= 15 is 0 Å². The van der Waals surface area contributed by atoms with E-state index in [1.165, 1.54) is 30.4 Å². The number of hydrazine groups is 1. The summed E-state index contributed by atoms with van der Waals surface area (Å²) in [5.41, 5.74) is 6.57. The third-order valence-electron chi connectivity index (χ3n) is 4.29. The first kappa shape index (κ1) is 15.0. The van der Waals surface area contributed by atoms with Crippen molar-refractivity contribution in [1.82, 2.24) is 5.43 Å². The predicted molar refractivity (Wildman–Crippen MR) is 91.4 cm³/mol. The third-order valence-corrected chi connectivity index (χ3v) is 5.11. The van der Waals surface area contributed by atoms with Crippen LogP contribution >= 0.6 is 27.5 Å². The van der Waals surface area contributed by atoms with Gasteiger partial charge >= 0.3 is 0 Å². The molecule has 1 aliphatic carbocycles. The van der Waals surface area contributed by atoms with Crippen LogP contribution in [0, 0.1) is 0 Å². The van der Waals surface area contributed by atoms with Crippen molar-refractivity contribution in [3.63, 3.8) is 0 Å². The van der Waals surface area contributed by atoms with Gasteiger partial charge in [0.2, 0.25) is 0 Å². The average molecular weight is 366 g/mol. The van der Waals surface area contributed by atoms with Gasteiger partial charge in [0, 0.05) is 9.50 Å². The van der Waals surface area contributed by atoms with E-state index in [1.807, 2.05) is 18.2 Å². The largest absolute Gasteiger partial charge is 0.271 e. The maximum Gasteiger partial charge on any atom is 0.0727 e. The SMILES string of the molecule is NNC(c1ccc(Br)cc1Cl)c1ccccc1C1CCC1. The molecule has 0 saturated heterocycles. The van der Waals surface area contributed by atoms with Gasteiger partial charge in [0.1, 0.15) is 0 Å². The highest BCUT2D eigenvalue weighted by Crippen LogP contribution is 2.41. The lowest BCUT2D eigenvalue weighted by Gasteiger charge is -2.30. The summed E-state index contributed by atoms with van der Waals surface area (Å²) in [6, 6.07) is 14.4. The molecule has 3 rings (SSSR count). The molecule has 1 aliphatic rings. The van der Waals surface area contributed by atoms with Crippen LogP contribution in [0.15, 0.2) is 46.9 Å². The number of halogens is 2. The maximum absolute atomic E-state index is 6.41. The molecular weight excluding hydrogens is 348 g/mol. The smallest absolute Gasteiger partial charge is 0.0727 e. The predicted octanol–water partition coefficient (Wildman–Crippen LogP) is 4.92. The molecule has 1 saturated carbocycles. The fourth-order valence-electron chi connectivity index (χ4n) is 2.95. The first-order valence-corrected chi connectivity index (χ1v) is 8.37. The summed E-state index contributed by atoms with van der Waals surface area (Å²) >= 11 is 9.85. The summed E-state index contributed by atoms with van der Waals surface area (Å²) in [7, 11) is 0. The molecule has 0 heterocycles. The zero-order valence-electron chi connectivity index (χ0n) is 11.7. The molecule has 0 bridgehead atoms. The Hall–Kier alpha value is -0.870. The summed E-state index contributed by atoms with van der Waals surface area (Å²) in [4.78, 5) is 0. The fraction of sp³-hybridized carbons (Fsp3) is 0.294. The van der Waals surface area contributed by atoms with Crippen molar-refractivity contribution in [2.45, 2.75) is 31.2 Å². The normalized spacial score (nSPS) is 16.5. The van der Waals surface area contributed by atoms with E-state index in [0.29, 0.717) is 5.92 Å². The van der Waals surface area contributed by atoms with Crippen LogP contribution in [0.4, 0.5) is 0 Å². The quantitative estimate of drug-likeness (QED) is 0.596.